The zero-order valence-electron chi connectivity index (χ0n) is 11.9. The number of rotatable bonds is 5. The fourth-order valence-electron chi connectivity index (χ4n) is 1.84. The molecule has 0 fully saturated rings. The van der Waals surface area contributed by atoms with Crippen LogP contribution in [0.3, 0.4) is 0 Å². The first-order chi connectivity index (χ1) is 11.2. The van der Waals surface area contributed by atoms with Crippen molar-refractivity contribution in [3.63, 3.8) is 0 Å². The number of hydrogen-bond donors (Lipinski definition) is 1. The summed E-state index contributed by atoms with van der Waals surface area (Å²) in [6, 6.07) is 14.9. The van der Waals surface area contributed by atoms with Crippen molar-refractivity contribution in [3.05, 3.63) is 58.9 Å². The van der Waals surface area contributed by atoms with Crippen LogP contribution < -0.4 is 5.32 Å². The first-order valence-corrected chi connectivity index (χ1v) is 9.01. The van der Waals surface area contributed by atoms with Crippen LogP contribution in [-0.4, -0.2) is 21.9 Å². The molecule has 0 aliphatic heterocycles. The van der Waals surface area contributed by atoms with Crippen LogP contribution in [0.2, 0.25) is 5.02 Å². The second-order valence-electron chi connectivity index (χ2n) is 4.55. The fourth-order valence-corrected chi connectivity index (χ4v) is 3.33. The predicted molar refractivity (Wildman–Crippen MR) is 96.2 cm³/mol. The summed E-state index contributed by atoms with van der Waals surface area (Å²) in [7, 11) is 0. The van der Waals surface area contributed by atoms with Gasteiger partial charge in [0.05, 0.1) is 21.3 Å². The van der Waals surface area contributed by atoms with Gasteiger partial charge in [-0.05, 0) is 35.7 Å². The van der Waals surface area contributed by atoms with E-state index in [1.165, 1.54) is 11.8 Å². The Balaban J connectivity index is 1.56. The minimum atomic E-state index is -0.132. The van der Waals surface area contributed by atoms with Crippen molar-refractivity contribution in [3.8, 4) is 10.6 Å². The highest BCUT2D eigenvalue weighted by Crippen LogP contribution is 2.24. The molecule has 0 spiro atoms. The maximum absolute atomic E-state index is 12.0. The number of carbonyl (C=O) groups excluding carboxylic acids is 1. The summed E-state index contributed by atoms with van der Waals surface area (Å²) in [5.74, 6) is 0.116. The second-order valence-corrected chi connectivity index (χ2v) is 6.90. The lowest BCUT2D eigenvalue weighted by atomic mass is 10.3. The van der Waals surface area contributed by atoms with Crippen molar-refractivity contribution < 1.29 is 4.79 Å². The summed E-state index contributed by atoms with van der Waals surface area (Å²) >= 11 is 8.96. The van der Waals surface area contributed by atoms with Gasteiger partial charge in [-0.15, -0.1) is 21.5 Å². The average Bonchev–Trinajstić information content (AvgIpc) is 3.10. The molecule has 0 aliphatic rings. The third-order valence-corrected chi connectivity index (χ3v) is 5.05. The van der Waals surface area contributed by atoms with Gasteiger partial charge in [-0.2, -0.15) is 0 Å². The minimum absolute atomic E-state index is 0.132. The monoisotopic (exact) mass is 361 g/mol. The van der Waals surface area contributed by atoms with Crippen molar-refractivity contribution >= 4 is 46.3 Å². The van der Waals surface area contributed by atoms with Gasteiger partial charge >= 0.3 is 0 Å². The molecule has 0 bridgehead atoms. The Morgan fingerprint density at radius 1 is 1.13 bits per heavy atom. The van der Waals surface area contributed by atoms with Crippen LogP contribution in [0.4, 0.5) is 5.69 Å². The van der Waals surface area contributed by atoms with E-state index in [4.69, 9.17) is 11.6 Å². The molecule has 23 heavy (non-hydrogen) atoms. The van der Waals surface area contributed by atoms with E-state index in [0.717, 1.165) is 10.6 Å². The molecular formula is C16H12ClN3OS2. The number of amides is 1. The van der Waals surface area contributed by atoms with E-state index in [1.54, 1.807) is 23.5 Å². The number of halogens is 1. The van der Waals surface area contributed by atoms with Crippen molar-refractivity contribution in [2.45, 2.75) is 5.03 Å². The van der Waals surface area contributed by atoms with Crippen LogP contribution >= 0.6 is 34.7 Å². The Bertz CT molecular complexity index is 791. The zero-order chi connectivity index (χ0) is 16.1. The van der Waals surface area contributed by atoms with Gasteiger partial charge in [0, 0.05) is 0 Å². The predicted octanol–water partition coefficient (Wildman–Crippen LogP) is 4.59. The zero-order valence-corrected chi connectivity index (χ0v) is 14.3. The Morgan fingerprint density at radius 2 is 2.00 bits per heavy atom. The number of thiophene rings is 1. The molecule has 116 valence electrons. The molecule has 4 nitrogen and oxygen atoms in total. The van der Waals surface area contributed by atoms with E-state index in [9.17, 15) is 4.79 Å². The molecule has 1 N–H and O–H groups in total. The van der Waals surface area contributed by atoms with Crippen LogP contribution in [0.15, 0.2) is 58.9 Å². The number of hydrogen-bond acceptors (Lipinski definition) is 5. The quantitative estimate of drug-likeness (QED) is 0.675. The second kappa shape index (κ2) is 7.59. The molecule has 0 saturated carbocycles. The number of anilines is 1. The maximum atomic E-state index is 12.0. The van der Waals surface area contributed by atoms with E-state index in [2.05, 4.69) is 15.5 Å². The molecular weight excluding hydrogens is 350 g/mol. The van der Waals surface area contributed by atoms with Gasteiger partial charge in [0.1, 0.15) is 10.7 Å². The number of aromatic nitrogens is 2. The lowest BCUT2D eigenvalue weighted by Gasteiger charge is -2.06. The highest BCUT2D eigenvalue weighted by atomic mass is 35.5. The van der Waals surface area contributed by atoms with E-state index in [-0.39, 0.29) is 11.7 Å². The number of nitrogens with zero attached hydrogens (tertiary/aromatic N) is 2. The standard InChI is InChI=1S/C16H12ClN3OS2/c17-11-4-1-2-5-12(11)18-15(21)10-23-16-8-7-13(19-20-16)14-6-3-9-22-14/h1-9H,10H2,(H,18,21). The number of thioether (sulfide) groups is 1. The van der Waals surface area contributed by atoms with Crippen molar-refractivity contribution in [1.82, 2.24) is 10.2 Å². The summed E-state index contributed by atoms with van der Waals surface area (Å²) in [6.45, 7) is 0. The number of para-hydroxylation sites is 1. The largest absolute Gasteiger partial charge is 0.324 e. The van der Waals surface area contributed by atoms with Crippen LogP contribution in [-0.2, 0) is 4.79 Å². The van der Waals surface area contributed by atoms with Crippen molar-refractivity contribution in [1.29, 1.82) is 0 Å². The summed E-state index contributed by atoms with van der Waals surface area (Å²) in [4.78, 5) is 13.0. The van der Waals surface area contributed by atoms with Gasteiger partial charge in [0.25, 0.3) is 0 Å². The average molecular weight is 362 g/mol. The lowest BCUT2D eigenvalue weighted by Crippen LogP contribution is -2.14. The van der Waals surface area contributed by atoms with Gasteiger partial charge in [-0.1, -0.05) is 41.6 Å². The Morgan fingerprint density at radius 3 is 2.70 bits per heavy atom. The van der Waals surface area contributed by atoms with Crippen LogP contribution in [0.5, 0.6) is 0 Å². The van der Waals surface area contributed by atoms with Gasteiger partial charge in [-0.25, -0.2) is 0 Å². The van der Waals surface area contributed by atoms with Crippen molar-refractivity contribution in [2.24, 2.45) is 0 Å². The molecule has 2 heterocycles. The maximum Gasteiger partial charge on any atom is 0.234 e. The Labute approximate surface area is 146 Å². The molecule has 0 radical (unpaired) electrons. The molecule has 2 aromatic heterocycles. The van der Waals surface area contributed by atoms with Crippen LogP contribution in [0.1, 0.15) is 0 Å². The lowest BCUT2D eigenvalue weighted by molar-refractivity contribution is -0.113. The van der Waals surface area contributed by atoms with Crippen molar-refractivity contribution in [2.75, 3.05) is 11.1 Å². The first kappa shape index (κ1) is 16.0. The third kappa shape index (κ3) is 4.31. The number of benzene rings is 1. The molecule has 3 rings (SSSR count). The molecule has 1 amide bonds. The minimum Gasteiger partial charge on any atom is -0.324 e. The molecule has 0 saturated heterocycles. The molecule has 3 aromatic rings. The van der Waals surface area contributed by atoms with Gasteiger partial charge < -0.3 is 5.32 Å². The summed E-state index contributed by atoms with van der Waals surface area (Å²) < 4.78 is 0. The van der Waals surface area contributed by atoms with E-state index in [1.807, 2.05) is 41.8 Å². The Kier molecular flexibility index (Phi) is 5.27. The highest BCUT2D eigenvalue weighted by molar-refractivity contribution is 7.99. The summed E-state index contributed by atoms with van der Waals surface area (Å²) in [5.41, 5.74) is 1.45. The molecule has 0 unspecified atom stereocenters. The summed E-state index contributed by atoms with van der Waals surface area (Å²) in [5, 5.41) is 14.3. The molecule has 1 aromatic carbocycles. The number of nitrogens with one attached hydrogen (secondary N) is 1. The number of carbonyl (C=O) groups is 1. The topological polar surface area (TPSA) is 54.9 Å². The SMILES string of the molecule is O=C(CSc1ccc(-c2cccs2)nn1)Nc1ccccc1Cl. The van der Waals surface area contributed by atoms with Gasteiger partial charge in [0.15, 0.2) is 0 Å². The Hall–Kier alpha value is -1.89. The first-order valence-electron chi connectivity index (χ1n) is 6.77. The molecule has 7 heteroatoms. The molecule has 0 atom stereocenters. The van der Waals surface area contributed by atoms with Gasteiger partial charge in [-0.3, -0.25) is 4.79 Å². The van der Waals surface area contributed by atoms with E-state index < -0.39 is 0 Å². The van der Waals surface area contributed by atoms with Gasteiger partial charge in [0.2, 0.25) is 5.91 Å². The summed E-state index contributed by atoms with van der Waals surface area (Å²) in [6.07, 6.45) is 0. The highest BCUT2D eigenvalue weighted by Gasteiger charge is 2.08. The third-order valence-electron chi connectivity index (χ3n) is 2.91. The van der Waals surface area contributed by atoms with E-state index in [0.29, 0.717) is 15.7 Å². The van der Waals surface area contributed by atoms with Crippen LogP contribution in [0.25, 0.3) is 10.6 Å². The molecule has 0 aliphatic carbocycles. The van der Waals surface area contributed by atoms with Crippen LogP contribution in [0, 0.1) is 0 Å². The smallest absolute Gasteiger partial charge is 0.234 e. The normalized spacial score (nSPS) is 10.5. The fraction of sp³-hybridized carbons (Fsp3) is 0.0625. The van der Waals surface area contributed by atoms with E-state index >= 15 is 0 Å².